The van der Waals surface area contributed by atoms with E-state index >= 15 is 0 Å². The number of nitrogens with one attached hydrogen (secondary N) is 2. The van der Waals surface area contributed by atoms with Crippen molar-refractivity contribution < 1.29 is 0 Å². The molecule has 0 spiro atoms. The van der Waals surface area contributed by atoms with Crippen LogP contribution in [0.4, 0.5) is 5.82 Å². The number of anilines is 1. The maximum absolute atomic E-state index is 4.19. The summed E-state index contributed by atoms with van der Waals surface area (Å²) in [6.45, 7) is 1.75. The largest absolute Gasteiger partial charge is 0.371 e. The van der Waals surface area contributed by atoms with Gasteiger partial charge in [0.05, 0.1) is 0 Å². The second-order valence-corrected chi connectivity index (χ2v) is 3.41. The summed E-state index contributed by atoms with van der Waals surface area (Å²) in [6.07, 6.45) is 2.51. The second-order valence-electron chi connectivity index (χ2n) is 3.41. The third kappa shape index (κ3) is 1.94. The summed E-state index contributed by atoms with van der Waals surface area (Å²) in [5.41, 5.74) is 1.49. The third-order valence-corrected chi connectivity index (χ3v) is 2.33. The van der Waals surface area contributed by atoms with E-state index in [9.17, 15) is 0 Å². The highest BCUT2D eigenvalue weighted by atomic mass is 15.4. The fourth-order valence-corrected chi connectivity index (χ4v) is 1.53. The predicted molar refractivity (Wildman–Crippen MR) is 61.2 cm³/mol. The topological polar surface area (TPSA) is 80.5 Å². The van der Waals surface area contributed by atoms with Crippen LogP contribution < -0.4 is 10.6 Å². The van der Waals surface area contributed by atoms with Gasteiger partial charge in [-0.25, -0.2) is 14.6 Å². The Morgan fingerprint density at radius 3 is 2.94 bits per heavy atom. The van der Waals surface area contributed by atoms with Gasteiger partial charge in [0, 0.05) is 13.6 Å². The minimum atomic E-state index is 0.713. The Bertz CT molecular complexity index is 464. The highest BCUT2D eigenvalue weighted by Gasteiger charge is 2.09. The molecule has 2 N–H and O–H groups in total. The van der Waals surface area contributed by atoms with E-state index in [2.05, 4.69) is 30.9 Å². The van der Waals surface area contributed by atoms with Crippen LogP contribution >= 0.6 is 0 Å². The van der Waals surface area contributed by atoms with Crippen LogP contribution in [0, 0.1) is 0 Å². The van der Waals surface area contributed by atoms with Crippen molar-refractivity contribution in [1.29, 1.82) is 0 Å². The van der Waals surface area contributed by atoms with Gasteiger partial charge in [-0.05, 0) is 20.0 Å². The average molecular weight is 221 g/mol. The molecule has 2 aromatic rings. The van der Waals surface area contributed by atoms with Crippen molar-refractivity contribution in [3.8, 4) is 0 Å². The molecule has 0 amide bonds. The van der Waals surface area contributed by atoms with Crippen LogP contribution in [-0.2, 0) is 6.54 Å². The molecule has 2 heterocycles. The van der Waals surface area contributed by atoms with Crippen molar-refractivity contribution in [2.24, 2.45) is 0 Å². The zero-order valence-corrected chi connectivity index (χ0v) is 9.43. The van der Waals surface area contributed by atoms with Gasteiger partial charge in [0.25, 0.3) is 0 Å². The van der Waals surface area contributed by atoms with E-state index < -0.39 is 0 Å². The molecular weight excluding hydrogens is 206 g/mol. The lowest BCUT2D eigenvalue weighted by Crippen LogP contribution is -2.12. The molecule has 0 aliphatic heterocycles. The first-order valence-electron chi connectivity index (χ1n) is 5.23. The van der Waals surface area contributed by atoms with Gasteiger partial charge in [0.2, 0.25) is 0 Å². The van der Waals surface area contributed by atoms with Gasteiger partial charge in [-0.2, -0.15) is 0 Å². The van der Waals surface area contributed by atoms with E-state index in [-0.39, 0.29) is 0 Å². The summed E-state index contributed by atoms with van der Waals surface area (Å²) < 4.78 is 1.80. The SMILES string of the molecule is CNCCCn1nnc2c(NC)ncnc21. The van der Waals surface area contributed by atoms with Gasteiger partial charge in [0.15, 0.2) is 17.0 Å². The van der Waals surface area contributed by atoms with Gasteiger partial charge < -0.3 is 10.6 Å². The molecular formula is C9H15N7. The first-order chi connectivity index (χ1) is 7.86. The number of aryl methyl sites for hydroxylation is 1. The number of hydrogen-bond acceptors (Lipinski definition) is 6. The molecule has 2 rings (SSSR count). The van der Waals surface area contributed by atoms with Gasteiger partial charge in [-0.15, -0.1) is 5.10 Å². The van der Waals surface area contributed by atoms with Crippen molar-refractivity contribution in [1.82, 2.24) is 30.3 Å². The van der Waals surface area contributed by atoms with Crippen molar-refractivity contribution in [2.45, 2.75) is 13.0 Å². The first kappa shape index (κ1) is 10.7. The monoisotopic (exact) mass is 221 g/mol. The number of rotatable bonds is 5. The maximum atomic E-state index is 4.19. The molecule has 0 aliphatic carbocycles. The average Bonchev–Trinajstić information content (AvgIpc) is 2.73. The molecule has 0 fully saturated rings. The molecule has 0 atom stereocenters. The molecule has 0 unspecified atom stereocenters. The standard InChI is InChI=1S/C9H15N7/c1-10-4-3-5-16-9-7(14-15-16)8(11-2)12-6-13-9/h6,10H,3-5H2,1-2H3,(H,11,12,13). The van der Waals surface area contributed by atoms with Crippen LogP contribution in [0.2, 0.25) is 0 Å². The molecule has 7 heteroatoms. The van der Waals surface area contributed by atoms with Crippen molar-refractivity contribution in [3.05, 3.63) is 6.33 Å². The van der Waals surface area contributed by atoms with Crippen LogP contribution in [0.5, 0.6) is 0 Å². The van der Waals surface area contributed by atoms with Gasteiger partial charge in [0.1, 0.15) is 6.33 Å². The fourth-order valence-electron chi connectivity index (χ4n) is 1.53. The molecule has 0 radical (unpaired) electrons. The highest BCUT2D eigenvalue weighted by Crippen LogP contribution is 2.14. The van der Waals surface area contributed by atoms with Crippen molar-refractivity contribution in [2.75, 3.05) is 26.0 Å². The number of hydrogen-bond donors (Lipinski definition) is 2. The minimum Gasteiger partial charge on any atom is -0.371 e. The van der Waals surface area contributed by atoms with Crippen molar-refractivity contribution in [3.63, 3.8) is 0 Å². The molecule has 0 saturated heterocycles. The zero-order chi connectivity index (χ0) is 11.4. The normalized spacial score (nSPS) is 10.9. The summed E-state index contributed by atoms with van der Waals surface area (Å²) in [5, 5.41) is 14.2. The van der Waals surface area contributed by atoms with Gasteiger partial charge in [-0.3, -0.25) is 0 Å². The quantitative estimate of drug-likeness (QED) is 0.685. The van der Waals surface area contributed by atoms with E-state index in [0.29, 0.717) is 5.82 Å². The third-order valence-electron chi connectivity index (χ3n) is 2.33. The number of aromatic nitrogens is 5. The van der Waals surface area contributed by atoms with Crippen LogP contribution in [0.25, 0.3) is 11.2 Å². The van der Waals surface area contributed by atoms with Crippen LogP contribution in [0.3, 0.4) is 0 Å². The van der Waals surface area contributed by atoms with Crippen LogP contribution in [0.1, 0.15) is 6.42 Å². The molecule has 0 bridgehead atoms. The van der Waals surface area contributed by atoms with Gasteiger partial charge in [-0.1, -0.05) is 5.21 Å². The summed E-state index contributed by atoms with van der Waals surface area (Å²) in [5.74, 6) is 0.713. The Hall–Kier alpha value is -1.76. The maximum Gasteiger partial charge on any atom is 0.183 e. The number of nitrogens with zero attached hydrogens (tertiary/aromatic N) is 5. The lowest BCUT2D eigenvalue weighted by Gasteiger charge is -2.01. The summed E-state index contributed by atoms with van der Waals surface area (Å²) in [4.78, 5) is 8.28. The molecule has 16 heavy (non-hydrogen) atoms. The Morgan fingerprint density at radius 2 is 2.19 bits per heavy atom. The second kappa shape index (κ2) is 4.84. The van der Waals surface area contributed by atoms with E-state index in [1.807, 2.05) is 14.1 Å². The zero-order valence-electron chi connectivity index (χ0n) is 9.43. The molecule has 0 aliphatic rings. The number of fused-ring (bicyclic) bond motifs is 1. The van der Waals surface area contributed by atoms with E-state index in [1.54, 1.807) is 4.68 Å². The van der Waals surface area contributed by atoms with E-state index in [1.165, 1.54) is 6.33 Å². The lowest BCUT2D eigenvalue weighted by molar-refractivity contribution is 0.555. The predicted octanol–water partition coefficient (Wildman–Crippen LogP) is -0.128. The van der Waals surface area contributed by atoms with Crippen molar-refractivity contribution >= 4 is 17.0 Å². The Morgan fingerprint density at radius 1 is 1.31 bits per heavy atom. The molecule has 2 aromatic heterocycles. The first-order valence-corrected chi connectivity index (χ1v) is 5.23. The summed E-state index contributed by atoms with van der Waals surface area (Å²) >= 11 is 0. The molecule has 7 nitrogen and oxygen atoms in total. The smallest absolute Gasteiger partial charge is 0.183 e. The lowest BCUT2D eigenvalue weighted by atomic mass is 10.4. The Labute approximate surface area is 93.3 Å². The summed E-state index contributed by atoms with van der Waals surface area (Å²) in [6, 6.07) is 0. The van der Waals surface area contributed by atoms with Crippen LogP contribution in [-0.4, -0.2) is 45.6 Å². The van der Waals surface area contributed by atoms with Crippen LogP contribution in [0.15, 0.2) is 6.33 Å². The molecule has 86 valence electrons. The highest BCUT2D eigenvalue weighted by molar-refractivity contribution is 5.81. The van der Waals surface area contributed by atoms with E-state index in [4.69, 9.17) is 0 Å². The Kier molecular flexibility index (Phi) is 3.25. The molecule has 0 aromatic carbocycles. The molecule has 0 saturated carbocycles. The Balaban J connectivity index is 2.27. The van der Waals surface area contributed by atoms with Gasteiger partial charge >= 0.3 is 0 Å². The summed E-state index contributed by atoms with van der Waals surface area (Å²) in [7, 11) is 3.74. The minimum absolute atomic E-state index is 0.713. The van der Waals surface area contributed by atoms with E-state index in [0.717, 1.165) is 30.7 Å². The fraction of sp³-hybridized carbons (Fsp3) is 0.556.